The first kappa shape index (κ1) is 53.4. The van der Waals surface area contributed by atoms with E-state index in [9.17, 15) is 85.9 Å². The molecule has 1 aromatic carbocycles. The molecule has 4 saturated heterocycles. The van der Waals surface area contributed by atoms with E-state index in [1.807, 2.05) is 0 Å². The Balaban J connectivity index is 1.56. The Kier molecular flexibility index (Phi) is 18.0. The third-order valence-electron chi connectivity index (χ3n) is 11.9. The Bertz CT molecular complexity index is 1790. The van der Waals surface area contributed by atoms with Gasteiger partial charge in [0.1, 0.15) is 79.4 Å². The van der Waals surface area contributed by atoms with Crippen LogP contribution in [-0.2, 0) is 49.4 Å². The van der Waals surface area contributed by atoms with Gasteiger partial charge in [-0.25, -0.2) is 4.79 Å². The minimum atomic E-state index is -3.16. The number of ether oxygens (including phenoxy) is 8. The van der Waals surface area contributed by atoms with Gasteiger partial charge in [0.2, 0.25) is 5.91 Å². The van der Waals surface area contributed by atoms with Crippen LogP contribution in [0.25, 0.3) is 0 Å². The maximum Gasteiger partial charge on any atom is 0.364 e. The van der Waals surface area contributed by atoms with Gasteiger partial charge in [0, 0.05) is 24.5 Å². The highest BCUT2D eigenvalue weighted by Gasteiger charge is 2.60. The Morgan fingerprint density at radius 3 is 2.00 bits per heavy atom. The van der Waals surface area contributed by atoms with Crippen LogP contribution in [0.5, 0.6) is 11.5 Å². The van der Waals surface area contributed by atoms with Crippen molar-refractivity contribution >= 4 is 17.8 Å². The van der Waals surface area contributed by atoms with Crippen LogP contribution in [0.15, 0.2) is 12.1 Å². The fourth-order valence-electron chi connectivity index (χ4n) is 8.31. The highest BCUT2D eigenvalue weighted by Crippen LogP contribution is 2.39. The van der Waals surface area contributed by atoms with Gasteiger partial charge in [-0.15, -0.1) is 0 Å². The molecule has 21 atom stereocenters. The summed E-state index contributed by atoms with van der Waals surface area (Å²) in [4.78, 5) is 39.1. The summed E-state index contributed by atoms with van der Waals surface area (Å²) in [6.45, 7) is -0.0246. The molecule has 376 valence electrons. The SMILES string of the molecule is COc1cc(C(=O)NC2[C@H](C)OC(CO)[C@H](O[C@H]3O[C@@H](C)[C@@H](O)C(O)C3O)[C@@H]2O[C@H]2OC(CO)[C@@H](O)C(O[C@]3(C(=O)O)CC(O)[C@@H](NC(C)=O)C([C@H](O)[C@H](O)CO)O3)C2O)cc(CO)c1O. The molecule has 4 aliphatic heterocycles. The summed E-state index contributed by atoms with van der Waals surface area (Å²) in [6, 6.07) is -0.868. The molecule has 0 bridgehead atoms. The second-order valence-corrected chi connectivity index (χ2v) is 16.5. The summed E-state index contributed by atoms with van der Waals surface area (Å²) < 4.78 is 46.4. The van der Waals surface area contributed by atoms with Crippen LogP contribution in [0.4, 0.5) is 0 Å². The molecular weight excluding hydrogens is 896 g/mol. The molecule has 4 heterocycles. The molecule has 66 heavy (non-hydrogen) atoms. The number of amides is 2. The molecular formula is C39H60N2O25. The Morgan fingerprint density at radius 2 is 1.42 bits per heavy atom. The summed E-state index contributed by atoms with van der Waals surface area (Å²) in [5.74, 6) is -7.61. The van der Waals surface area contributed by atoms with Crippen molar-refractivity contribution in [2.45, 2.75) is 162 Å². The second kappa shape index (κ2) is 22.3. The lowest BCUT2D eigenvalue weighted by Gasteiger charge is -2.51. The Morgan fingerprint density at radius 1 is 0.788 bits per heavy atom. The van der Waals surface area contributed by atoms with Crippen molar-refractivity contribution in [1.29, 1.82) is 0 Å². The average molecular weight is 957 g/mol. The topological polar surface area (TPSA) is 432 Å². The second-order valence-electron chi connectivity index (χ2n) is 16.5. The van der Waals surface area contributed by atoms with Crippen LogP contribution in [0, 0.1) is 0 Å². The highest BCUT2D eigenvalue weighted by atomic mass is 16.8. The van der Waals surface area contributed by atoms with Gasteiger partial charge in [0.25, 0.3) is 11.7 Å². The van der Waals surface area contributed by atoms with Gasteiger partial charge in [0.15, 0.2) is 24.1 Å². The van der Waals surface area contributed by atoms with E-state index in [0.717, 1.165) is 19.1 Å². The van der Waals surface area contributed by atoms with Crippen LogP contribution >= 0.6 is 0 Å². The number of aromatic hydroxyl groups is 1. The van der Waals surface area contributed by atoms with Crippen molar-refractivity contribution in [3.05, 3.63) is 23.3 Å². The molecule has 1 aromatic rings. The van der Waals surface area contributed by atoms with Crippen LogP contribution in [0.3, 0.4) is 0 Å². The minimum Gasteiger partial charge on any atom is -0.504 e. The molecule has 5 rings (SSSR count). The largest absolute Gasteiger partial charge is 0.504 e. The number of nitrogens with one attached hydrogen (secondary N) is 2. The molecule has 4 aliphatic rings. The van der Waals surface area contributed by atoms with Gasteiger partial charge in [0.05, 0.1) is 63.9 Å². The van der Waals surface area contributed by atoms with Gasteiger partial charge in [-0.3, -0.25) is 9.59 Å². The maximum absolute atomic E-state index is 14.0. The number of carbonyl (C=O) groups excluding carboxylic acids is 2. The number of rotatable bonds is 17. The van der Waals surface area contributed by atoms with Crippen molar-refractivity contribution in [2.75, 3.05) is 26.9 Å². The zero-order valence-electron chi connectivity index (χ0n) is 36.0. The van der Waals surface area contributed by atoms with E-state index in [1.165, 1.54) is 21.0 Å². The van der Waals surface area contributed by atoms with Crippen molar-refractivity contribution in [3.8, 4) is 11.5 Å². The summed E-state index contributed by atoms with van der Waals surface area (Å²) in [6.07, 6.45) is -34.6. The monoisotopic (exact) mass is 956 g/mol. The van der Waals surface area contributed by atoms with E-state index in [1.54, 1.807) is 0 Å². The van der Waals surface area contributed by atoms with Crippen LogP contribution < -0.4 is 15.4 Å². The molecule has 0 saturated carbocycles. The number of carbonyl (C=O) groups is 3. The van der Waals surface area contributed by atoms with E-state index in [4.69, 9.17) is 37.9 Å². The first-order chi connectivity index (χ1) is 31.1. The number of methoxy groups -OCH3 is 1. The standard InChI is InChI=1S/C39H60N2O25/c1-12-22(41-35(56)15-5-16(8-42)25(50)19(6-15)59-4)33(31(21(11-45)60-12)63-36-29(54)28(53)24(49)13(2)61-36)64-37-30(55)34(27(52)20(10-44)62-37)66-39(38(57)58)7-17(47)23(40-14(3)46)32(65-39)26(51)18(48)9-43/h5-6,12-13,17-18,20-24,26-34,36-37,42-45,47-55H,7-11H2,1-4H3,(H,40,46)(H,41,56)(H,57,58)/t12-,13-,17?,18+,20?,21?,22?,23+,24+,26+,27+,28?,29?,30?,31-,32?,33+,34?,36+,37+,39-/m0/s1. The average Bonchev–Trinajstić information content (AvgIpc) is 3.28. The van der Waals surface area contributed by atoms with E-state index >= 15 is 0 Å². The molecule has 27 heteroatoms. The predicted octanol–water partition coefficient (Wildman–Crippen LogP) is -7.66. The molecule has 4 fully saturated rings. The van der Waals surface area contributed by atoms with E-state index in [0.29, 0.717) is 0 Å². The van der Waals surface area contributed by atoms with Gasteiger partial charge >= 0.3 is 5.97 Å². The zero-order valence-corrected chi connectivity index (χ0v) is 36.0. The van der Waals surface area contributed by atoms with Gasteiger partial charge in [-0.2, -0.15) is 0 Å². The summed E-state index contributed by atoms with van der Waals surface area (Å²) in [5.41, 5.74) is -0.323. The quantitative estimate of drug-likeness (QED) is 0.0689. The molecule has 0 aromatic heterocycles. The summed E-state index contributed by atoms with van der Waals surface area (Å²) >= 11 is 0. The highest BCUT2D eigenvalue weighted by molar-refractivity contribution is 5.95. The fourth-order valence-corrected chi connectivity index (χ4v) is 8.31. The van der Waals surface area contributed by atoms with Crippen molar-refractivity contribution in [2.24, 2.45) is 0 Å². The van der Waals surface area contributed by atoms with Crippen LogP contribution in [0.1, 0.15) is 43.1 Å². The normalized spacial score (nSPS) is 40.5. The molecule has 2 amide bonds. The fraction of sp³-hybridized carbons (Fsp3) is 0.769. The van der Waals surface area contributed by atoms with Crippen molar-refractivity contribution in [3.63, 3.8) is 0 Å². The predicted molar refractivity (Wildman–Crippen MR) is 211 cm³/mol. The Hall–Kier alpha value is -3.53. The van der Waals surface area contributed by atoms with Gasteiger partial charge < -0.3 is 120 Å². The number of carboxylic acid groups (broad SMARTS) is 1. The van der Waals surface area contributed by atoms with E-state index in [-0.39, 0.29) is 16.9 Å². The number of hydrogen-bond donors (Lipinski definition) is 16. The molecule has 0 radical (unpaired) electrons. The molecule has 0 spiro atoms. The van der Waals surface area contributed by atoms with E-state index < -0.39 is 184 Å². The first-order valence-corrected chi connectivity index (χ1v) is 20.8. The number of aliphatic hydroxyl groups is 12. The minimum absolute atomic E-state index is 0.122. The molecule has 0 aliphatic carbocycles. The third-order valence-corrected chi connectivity index (χ3v) is 11.9. The summed E-state index contributed by atoms with van der Waals surface area (Å²) in [7, 11) is 1.18. The molecule has 9 unspecified atom stereocenters. The van der Waals surface area contributed by atoms with Gasteiger partial charge in [-0.05, 0) is 26.0 Å². The van der Waals surface area contributed by atoms with Gasteiger partial charge in [-0.1, -0.05) is 0 Å². The number of benzene rings is 1. The lowest BCUT2D eigenvalue weighted by molar-refractivity contribution is -0.384. The Labute approximate surface area is 375 Å². The number of aliphatic hydroxyl groups excluding tert-OH is 12. The zero-order chi connectivity index (χ0) is 49.1. The number of phenols is 1. The van der Waals surface area contributed by atoms with Crippen LogP contribution in [-0.4, -0.2) is 244 Å². The lowest BCUT2D eigenvalue weighted by atomic mass is 9.88. The lowest BCUT2D eigenvalue weighted by Crippen LogP contribution is -2.71. The third kappa shape index (κ3) is 11.0. The smallest absolute Gasteiger partial charge is 0.364 e. The number of aliphatic carboxylic acids is 1. The van der Waals surface area contributed by atoms with Crippen LogP contribution in [0.2, 0.25) is 0 Å². The molecule has 16 N–H and O–H groups in total. The number of carboxylic acids is 1. The molecule has 27 nitrogen and oxygen atoms in total. The van der Waals surface area contributed by atoms with E-state index in [2.05, 4.69) is 10.6 Å². The summed E-state index contributed by atoms with van der Waals surface area (Å²) in [5, 5.41) is 154. The van der Waals surface area contributed by atoms with Crippen molar-refractivity contribution in [1.82, 2.24) is 10.6 Å². The van der Waals surface area contributed by atoms with Crippen molar-refractivity contribution < 1.29 is 124 Å². The number of hydrogen-bond acceptors (Lipinski definition) is 24. The maximum atomic E-state index is 14.0. The first-order valence-electron chi connectivity index (χ1n) is 20.8.